The molecule has 0 aromatic heterocycles. The van der Waals surface area contributed by atoms with Gasteiger partial charge in [0.25, 0.3) is 0 Å². The normalized spacial score (nSPS) is 19.1. The molecule has 0 heterocycles. The monoisotopic (exact) mass is 356 g/mol. The number of ketones is 1. The van der Waals surface area contributed by atoms with Crippen molar-refractivity contribution in [1.82, 2.24) is 0 Å². The smallest absolute Gasteiger partial charge is 0.309 e. The molecule has 1 N–H and O–H groups in total. The zero-order chi connectivity index (χ0) is 18.6. The van der Waals surface area contributed by atoms with Crippen LogP contribution < -0.4 is 0 Å². The summed E-state index contributed by atoms with van der Waals surface area (Å²) >= 11 is 0. The van der Waals surface area contributed by atoms with Gasteiger partial charge in [0.05, 0.1) is 5.41 Å². The van der Waals surface area contributed by atoms with Gasteiger partial charge in [-0.25, -0.2) is 0 Å². The molecular weight excluding hydrogens is 324 g/mol. The maximum atomic E-state index is 11.6. The molecule has 2 saturated carbocycles. The minimum atomic E-state index is -0.600. The lowest BCUT2D eigenvalue weighted by atomic mass is 9.93. The first kappa shape index (κ1) is 19.1. The second-order valence-electron chi connectivity index (χ2n) is 8.66. The van der Waals surface area contributed by atoms with E-state index in [9.17, 15) is 14.7 Å². The summed E-state index contributed by atoms with van der Waals surface area (Å²) in [6, 6.07) is 8.83. The van der Waals surface area contributed by atoms with Crippen molar-refractivity contribution in [1.29, 1.82) is 0 Å². The fraction of sp³-hybridized carbons (Fsp3) is 0.652. The molecule has 0 bridgehead atoms. The van der Waals surface area contributed by atoms with Gasteiger partial charge in [0.15, 0.2) is 0 Å². The predicted octanol–water partition coefficient (Wildman–Crippen LogP) is 5.35. The van der Waals surface area contributed by atoms with Crippen LogP contribution >= 0.6 is 0 Å². The van der Waals surface area contributed by atoms with E-state index in [4.69, 9.17) is 0 Å². The number of Topliss-reactive ketones (excluding diaryl/α,β-unsaturated/α-hetero) is 1. The predicted molar refractivity (Wildman–Crippen MR) is 103 cm³/mol. The lowest BCUT2D eigenvalue weighted by molar-refractivity contribution is -0.143. The van der Waals surface area contributed by atoms with E-state index in [0.717, 1.165) is 77.0 Å². The number of hydrogen-bond donors (Lipinski definition) is 1. The molecule has 0 spiro atoms. The number of rotatable bonds is 12. The van der Waals surface area contributed by atoms with Crippen molar-refractivity contribution >= 4 is 11.8 Å². The first-order chi connectivity index (χ1) is 12.5. The SMILES string of the molecule is CC(=O)C1(CCCCc2cccc(CCCCC3(C(=O)O)CC3)c2)CC1. The summed E-state index contributed by atoms with van der Waals surface area (Å²) in [5, 5.41) is 9.23. The molecule has 2 aliphatic rings. The van der Waals surface area contributed by atoms with Crippen molar-refractivity contribution in [2.24, 2.45) is 10.8 Å². The van der Waals surface area contributed by atoms with Crippen molar-refractivity contribution in [3.05, 3.63) is 35.4 Å². The third-order valence-corrected chi connectivity index (χ3v) is 6.64. The van der Waals surface area contributed by atoms with Crippen LogP contribution in [0, 0.1) is 10.8 Å². The van der Waals surface area contributed by atoms with Crippen LogP contribution in [0.25, 0.3) is 0 Å². The molecule has 3 nitrogen and oxygen atoms in total. The molecule has 1 aromatic carbocycles. The fourth-order valence-corrected chi connectivity index (χ4v) is 4.18. The van der Waals surface area contributed by atoms with Crippen LogP contribution in [0.3, 0.4) is 0 Å². The number of carbonyl (C=O) groups is 2. The van der Waals surface area contributed by atoms with Crippen molar-refractivity contribution in [2.45, 2.75) is 84.0 Å². The maximum absolute atomic E-state index is 11.6. The Balaban J connectivity index is 1.35. The molecular formula is C23H32O3. The van der Waals surface area contributed by atoms with E-state index in [1.165, 1.54) is 11.1 Å². The van der Waals surface area contributed by atoms with Gasteiger partial charge < -0.3 is 5.11 Å². The average Bonchev–Trinajstić information content (AvgIpc) is 3.52. The van der Waals surface area contributed by atoms with Gasteiger partial charge in [-0.15, -0.1) is 0 Å². The lowest BCUT2D eigenvalue weighted by Crippen LogP contribution is -2.14. The molecule has 0 atom stereocenters. The molecule has 0 unspecified atom stereocenters. The Morgan fingerprint density at radius 2 is 1.38 bits per heavy atom. The minimum absolute atomic E-state index is 0.0523. The molecule has 26 heavy (non-hydrogen) atoms. The van der Waals surface area contributed by atoms with Crippen LogP contribution in [-0.2, 0) is 22.4 Å². The Hall–Kier alpha value is -1.64. The standard InChI is InChI=1S/C23H32O3/c1-18(24)22(13-14-22)11-4-2-7-19-9-6-10-20(17-19)8-3-5-12-23(15-16-23)21(25)26/h6,9-10,17H,2-5,7-8,11-16H2,1H3,(H,25,26). The zero-order valence-electron chi connectivity index (χ0n) is 16.1. The van der Waals surface area contributed by atoms with E-state index < -0.39 is 5.97 Å². The van der Waals surface area contributed by atoms with E-state index in [-0.39, 0.29) is 10.8 Å². The van der Waals surface area contributed by atoms with Crippen LogP contribution in [0.5, 0.6) is 0 Å². The maximum Gasteiger partial charge on any atom is 0.309 e. The van der Waals surface area contributed by atoms with Crippen molar-refractivity contribution in [3.8, 4) is 0 Å². The second kappa shape index (κ2) is 7.94. The molecule has 3 heteroatoms. The van der Waals surface area contributed by atoms with Crippen molar-refractivity contribution < 1.29 is 14.7 Å². The largest absolute Gasteiger partial charge is 0.481 e. The topological polar surface area (TPSA) is 54.4 Å². The van der Waals surface area contributed by atoms with Gasteiger partial charge in [-0.2, -0.15) is 0 Å². The Morgan fingerprint density at radius 3 is 1.81 bits per heavy atom. The summed E-state index contributed by atoms with van der Waals surface area (Å²) in [6.45, 7) is 1.75. The summed E-state index contributed by atoms with van der Waals surface area (Å²) < 4.78 is 0. The number of aryl methyl sites for hydroxylation is 2. The highest BCUT2D eigenvalue weighted by atomic mass is 16.4. The first-order valence-electron chi connectivity index (χ1n) is 10.3. The minimum Gasteiger partial charge on any atom is -0.481 e. The highest BCUT2D eigenvalue weighted by molar-refractivity contribution is 5.84. The molecule has 142 valence electrons. The third-order valence-electron chi connectivity index (χ3n) is 6.64. The van der Waals surface area contributed by atoms with Gasteiger partial charge in [-0.05, 0) is 82.3 Å². The highest BCUT2D eigenvalue weighted by Crippen LogP contribution is 2.51. The number of carboxylic acids is 1. The van der Waals surface area contributed by atoms with E-state index in [0.29, 0.717) is 5.78 Å². The Morgan fingerprint density at radius 1 is 0.885 bits per heavy atom. The fourth-order valence-electron chi connectivity index (χ4n) is 4.18. The van der Waals surface area contributed by atoms with Crippen LogP contribution in [0.2, 0.25) is 0 Å². The van der Waals surface area contributed by atoms with Gasteiger partial charge in [0, 0.05) is 5.41 Å². The number of carbonyl (C=O) groups excluding carboxylic acids is 1. The summed E-state index contributed by atoms with van der Waals surface area (Å²) in [6.07, 6.45) is 12.3. The van der Waals surface area contributed by atoms with Crippen LogP contribution in [0.4, 0.5) is 0 Å². The van der Waals surface area contributed by atoms with Gasteiger partial charge >= 0.3 is 5.97 Å². The van der Waals surface area contributed by atoms with Crippen LogP contribution in [0.1, 0.15) is 82.3 Å². The number of hydrogen-bond acceptors (Lipinski definition) is 2. The summed E-state index contributed by atoms with van der Waals surface area (Å²) in [5.41, 5.74) is 2.43. The number of aliphatic carboxylic acids is 1. The lowest BCUT2D eigenvalue weighted by Gasteiger charge is -2.11. The number of unbranched alkanes of at least 4 members (excludes halogenated alkanes) is 2. The molecule has 3 rings (SSSR count). The Bertz CT molecular complexity index is 600. The van der Waals surface area contributed by atoms with E-state index in [1.54, 1.807) is 6.92 Å². The van der Waals surface area contributed by atoms with Crippen LogP contribution in [-0.4, -0.2) is 16.9 Å². The van der Waals surface area contributed by atoms with Gasteiger partial charge in [-0.3, -0.25) is 9.59 Å². The van der Waals surface area contributed by atoms with E-state index in [1.807, 2.05) is 0 Å². The van der Waals surface area contributed by atoms with Gasteiger partial charge in [0.1, 0.15) is 5.78 Å². The Labute approximate surface area is 157 Å². The summed E-state index contributed by atoms with van der Waals surface area (Å²) in [7, 11) is 0. The second-order valence-corrected chi connectivity index (χ2v) is 8.66. The van der Waals surface area contributed by atoms with E-state index in [2.05, 4.69) is 24.3 Å². The zero-order valence-corrected chi connectivity index (χ0v) is 16.1. The first-order valence-corrected chi connectivity index (χ1v) is 10.3. The molecule has 2 fully saturated rings. The van der Waals surface area contributed by atoms with Gasteiger partial charge in [-0.1, -0.05) is 37.1 Å². The van der Waals surface area contributed by atoms with Crippen molar-refractivity contribution in [2.75, 3.05) is 0 Å². The van der Waals surface area contributed by atoms with E-state index >= 15 is 0 Å². The summed E-state index contributed by atoms with van der Waals surface area (Å²) in [5.74, 6) is -0.215. The molecule has 0 radical (unpaired) electrons. The highest BCUT2D eigenvalue weighted by Gasteiger charge is 2.49. The molecule has 2 aliphatic carbocycles. The Kier molecular flexibility index (Phi) is 5.84. The molecule has 0 amide bonds. The number of benzene rings is 1. The van der Waals surface area contributed by atoms with Crippen molar-refractivity contribution in [3.63, 3.8) is 0 Å². The summed E-state index contributed by atoms with van der Waals surface area (Å²) in [4.78, 5) is 22.8. The van der Waals surface area contributed by atoms with Crippen LogP contribution in [0.15, 0.2) is 24.3 Å². The third kappa shape index (κ3) is 4.75. The quantitative estimate of drug-likeness (QED) is 0.514. The molecule has 1 aromatic rings. The number of carboxylic acid groups (broad SMARTS) is 1. The molecule has 0 saturated heterocycles. The molecule has 0 aliphatic heterocycles. The van der Waals surface area contributed by atoms with Gasteiger partial charge in [0.2, 0.25) is 0 Å². The average molecular weight is 357 g/mol.